The minimum atomic E-state index is -0.208. The lowest BCUT2D eigenvalue weighted by atomic mass is 10.0. The maximum atomic E-state index is 12.6. The van der Waals surface area contributed by atoms with Crippen molar-refractivity contribution in [1.82, 2.24) is 20.0 Å². The van der Waals surface area contributed by atoms with Crippen molar-refractivity contribution in [3.05, 3.63) is 42.5 Å². The maximum absolute atomic E-state index is 12.6. The average molecular weight is 393 g/mol. The molecule has 3 amide bonds. The summed E-state index contributed by atoms with van der Waals surface area (Å²) in [5.41, 5.74) is 2.95. The van der Waals surface area contributed by atoms with Crippen LogP contribution >= 0.6 is 0 Å². The molecule has 0 aliphatic carbocycles. The van der Waals surface area contributed by atoms with Gasteiger partial charge in [-0.05, 0) is 35.4 Å². The van der Waals surface area contributed by atoms with E-state index in [1.165, 1.54) is 0 Å². The molecular formula is C21H23N5O3. The van der Waals surface area contributed by atoms with E-state index in [0.29, 0.717) is 32.0 Å². The van der Waals surface area contributed by atoms with Gasteiger partial charge in [0.05, 0.1) is 12.6 Å². The van der Waals surface area contributed by atoms with E-state index in [2.05, 4.69) is 15.5 Å². The first-order chi connectivity index (χ1) is 14.0. The molecule has 2 aromatic carbocycles. The number of aromatic nitrogens is 2. The van der Waals surface area contributed by atoms with Gasteiger partial charge in [-0.2, -0.15) is 5.10 Å². The summed E-state index contributed by atoms with van der Waals surface area (Å²) in [4.78, 5) is 27.5. The van der Waals surface area contributed by atoms with E-state index >= 15 is 0 Å². The summed E-state index contributed by atoms with van der Waals surface area (Å²) in [6, 6.07) is 13.6. The highest BCUT2D eigenvalue weighted by Crippen LogP contribution is 2.28. The zero-order valence-electron chi connectivity index (χ0n) is 16.4. The lowest BCUT2D eigenvalue weighted by Gasteiger charge is -2.33. The SMILES string of the molecule is COc1ccc(-c2ccc3c(NC(=O)N4CCN(C(C)=O)CC4)n[nH]c3c2)cc1. The Bertz CT molecular complexity index is 1040. The monoisotopic (exact) mass is 393 g/mol. The third-order valence-corrected chi connectivity index (χ3v) is 5.22. The Morgan fingerprint density at radius 3 is 2.31 bits per heavy atom. The standard InChI is InChI=1S/C21H23N5O3/c1-14(27)25-9-11-26(12-10-25)21(28)22-20-18-8-5-16(13-19(18)23-24-20)15-3-6-17(29-2)7-4-15/h3-8,13H,9-12H2,1-2H3,(H2,22,23,24,28). The van der Waals surface area contributed by atoms with Crippen LogP contribution in [0.15, 0.2) is 42.5 Å². The van der Waals surface area contributed by atoms with Crippen molar-refractivity contribution in [2.75, 3.05) is 38.6 Å². The van der Waals surface area contributed by atoms with Gasteiger partial charge in [0.2, 0.25) is 5.91 Å². The van der Waals surface area contributed by atoms with E-state index < -0.39 is 0 Å². The van der Waals surface area contributed by atoms with Crippen LogP contribution in [0, 0.1) is 0 Å². The molecule has 0 atom stereocenters. The van der Waals surface area contributed by atoms with Crippen LogP contribution < -0.4 is 10.1 Å². The fourth-order valence-corrected chi connectivity index (χ4v) is 3.48. The summed E-state index contributed by atoms with van der Waals surface area (Å²) in [5.74, 6) is 1.35. The van der Waals surface area contributed by atoms with Crippen LogP contribution in [0.1, 0.15) is 6.92 Å². The molecule has 0 spiro atoms. The molecule has 1 saturated heterocycles. The number of rotatable bonds is 3. The second-order valence-electron chi connectivity index (χ2n) is 6.98. The van der Waals surface area contributed by atoms with Gasteiger partial charge in [0.25, 0.3) is 0 Å². The molecule has 29 heavy (non-hydrogen) atoms. The van der Waals surface area contributed by atoms with Crippen molar-refractivity contribution in [1.29, 1.82) is 0 Å². The quantitative estimate of drug-likeness (QED) is 0.716. The van der Waals surface area contributed by atoms with Crippen LogP contribution in [0.2, 0.25) is 0 Å². The summed E-state index contributed by atoms with van der Waals surface area (Å²) in [5, 5.41) is 11.0. The number of amides is 3. The third kappa shape index (κ3) is 3.87. The van der Waals surface area contributed by atoms with Crippen molar-refractivity contribution in [2.24, 2.45) is 0 Å². The first-order valence-corrected chi connectivity index (χ1v) is 9.49. The molecule has 8 heteroatoms. The Balaban J connectivity index is 1.47. The van der Waals surface area contributed by atoms with Crippen molar-refractivity contribution >= 4 is 28.7 Å². The largest absolute Gasteiger partial charge is 0.497 e. The fourth-order valence-electron chi connectivity index (χ4n) is 3.48. The summed E-state index contributed by atoms with van der Waals surface area (Å²) in [7, 11) is 1.64. The lowest BCUT2D eigenvalue weighted by Crippen LogP contribution is -2.51. The fraction of sp³-hybridized carbons (Fsp3) is 0.286. The minimum absolute atomic E-state index is 0.0380. The zero-order chi connectivity index (χ0) is 20.4. The average Bonchev–Trinajstić information content (AvgIpc) is 3.15. The number of benzene rings is 2. The molecule has 1 aromatic heterocycles. The number of carbonyl (C=O) groups excluding carboxylic acids is 2. The highest BCUT2D eigenvalue weighted by atomic mass is 16.5. The van der Waals surface area contributed by atoms with Gasteiger partial charge in [-0.25, -0.2) is 4.79 Å². The Morgan fingerprint density at radius 2 is 1.66 bits per heavy atom. The number of hydrogen-bond donors (Lipinski definition) is 2. The first-order valence-electron chi connectivity index (χ1n) is 9.49. The summed E-state index contributed by atoms with van der Waals surface area (Å²) < 4.78 is 5.20. The molecule has 1 aliphatic rings. The second kappa shape index (κ2) is 7.83. The van der Waals surface area contributed by atoms with Gasteiger partial charge >= 0.3 is 6.03 Å². The smallest absolute Gasteiger partial charge is 0.323 e. The topological polar surface area (TPSA) is 90.6 Å². The van der Waals surface area contributed by atoms with Crippen LogP contribution in [0.5, 0.6) is 5.75 Å². The molecule has 150 valence electrons. The number of H-pyrrole nitrogens is 1. The number of piperazine rings is 1. The normalized spacial score (nSPS) is 14.1. The van der Waals surface area contributed by atoms with Crippen LogP contribution in [0.25, 0.3) is 22.0 Å². The molecular weight excluding hydrogens is 370 g/mol. The van der Waals surface area contributed by atoms with E-state index in [-0.39, 0.29) is 11.9 Å². The second-order valence-corrected chi connectivity index (χ2v) is 6.98. The first kappa shape index (κ1) is 18.8. The highest BCUT2D eigenvalue weighted by molar-refractivity contribution is 6.00. The van der Waals surface area contributed by atoms with Crippen LogP contribution in [-0.4, -0.2) is 65.2 Å². The van der Waals surface area contributed by atoms with Crippen molar-refractivity contribution in [3.8, 4) is 16.9 Å². The zero-order valence-corrected chi connectivity index (χ0v) is 16.4. The van der Waals surface area contributed by atoms with Gasteiger partial charge < -0.3 is 14.5 Å². The predicted molar refractivity (Wildman–Crippen MR) is 111 cm³/mol. The van der Waals surface area contributed by atoms with E-state index in [0.717, 1.165) is 27.8 Å². The molecule has 0 saturated carbocycles. The predicted octanol–water partition coefficient (Wildman–Crippen LogP) is 2.93. The molecule has 1 aliphatic heterocycles. The Hall–Kier alpha value is -3.55. The van der Waals surface area contributed by atoms with Gasteiger partial charge in [-0.15, -0.1) is 0 Å². The molecule has 1 fully saturated rings. The van der Waals surface area contributed by atoms with Crippen molar-refractivity contribution in [3.63, 3.8) is 0 Å². The molecule has 2 heterocycles. The number of anilines is 1. The number of carbonyl (C=O) groups is 2. The summed E-state index contributed by atoms with van der Waals surface area (Å²) in [6.07, 6.45) is 0. The maximum Gasteiger partial charge on any atom is 0.323 e. The molecule has 0 bridgehead atoms. The van der Waals surface area contributed by atoms with E-state index in [1.807, 2.05) is 42.5 Å². The number of nitrogens with one attached hydrogen (secondary N) is 2. The lowest BCUT2D eigenvalue weighted by molar-refractivity contribution is -0.130. The van der Waals surface area contributed by atoms with Crippen LogP contribution in [0.3, 0.4) is 0 Å². The molecule has 8 nitrogen and oxygen atoms in total. The molecule has 2 N–H and O–H groups in total. The third-order valence-electron chi connectivity index (χ3n) is 5.22. The van der Waals surface area contributed by atoms with E-state index in [1.54, 1.807) is 23.8 Å². The Labute approximate surface area is 168 Å². The number of fused-ring (bicyclic) bond motifs is 1. The van der Waals surface area contributed by atoms with E-state index in [4.69, 9.17) is 4.74 Å². The number of urea groups is 1. The molecule has 4 rings (SSSR count). The summed E-state index contributed by atoms with van der Waals surface area (Å²) >= 11 is 0. The summed E-state index contributed by atoms with van der Waals surface area (Å²) in [6.45, 7) is 3.67. The minimum Gasteiger partial charge on any atom is -0.497 e. The Morgan fingerprint density at radius 1 is 1.00 bits per heavy atom. The van der Waals surface area contributed by atoms with Gasteiger partial charge in [-0.3, -0.25) is 15.2 Å². The number of nitrogens with zero attached hydrogens (tertiary/aromatic N) is 3. The Kier molecular flexibility index (Phi) is 5.07. The molecule has 3 aromatic rings. The van der Waals surface area contributed by atoms with Gasteiger partial charge in [0, 0.05) is 38.5 Å². The van der Waals surface area contributed by atoms with Gasteiger partial charge in [-0.1, -0.05) is 18.2 Å². The molecule has 0 unspecified atom stereocenters. The molecule has 0 radical (unpaired) electrons. The van der Waals surface area contributed by atoms with Gasteiger partial charge in [0.1, 0.15) is 5.75 Å². The van der Waals surface area contributed by atoms with Gasteiger partial charge in [0.15, 0.2) is 5.82 Å². The number of hydrogen-bond acceptors (Lipinski definition) is 4. The van der Waals surface area contributed by atoms with E-state index in [9.17, 15) is 9.59 Å². The number of aromatic amines is 1. The highest BCUT2D eigenvalue weighted by Gasteiger charge is 2.23. The van der Waals surface area contributed by atoms with Crippen LogP contribution in [0.4, 0.5) is 10.6 Å². The van der Waals surface area contributed by atoms with Crippen molar-refractivity contribution < 1.29 is 14.3 Å². The van der Waals surface area contributed by atoms with Crippen LogP contribution in [-0.2, 0) is 4.79 Å². The number of methoxy groups -OCH3 is 1. The number of ether oxygens (including phenoxy) is 1. The van der Waals surface area contributed by atoms with Crippen molar-refractivity contribution in [2.45, 2.75) is 6.92 Å².